The van der Waals surface area contributed by atoms with Crippen LogP contribution < -0.4 is 11.3 Å². The summed E-state index contributed by atoms with van der Waals surface area (Å²) in [5.41, 5.74) is 2.44. The molecular weight excluding hydrogens is 276 g/mol. The molecule has 0 atom stereocenters. The number of hydrazine groups is 1. The molecule has 3 N–H and O–H groups in total. The van der Waals surface area contributed by atoms with Crippen LogP contribution in [0.1, 0.15) is 13.8 Å². The van der Waals surface area contributed by atoms with Gasteiger partial charge in [-0.1, -0.05) is 43.8 Å². The number of aromatic nitrogens is 4. The van der Waals surface area contributed by atoms with Gasteiger partial charge < -0.3 is 0 Å². The Morgan fingerprint density at radius 3 is 2.75 bits per heavy atom. The number of tetrazole rings is 1. The number of hydrogen-bond acceptors (Lipinski definition) is 6. The first-order valence-corrected chi connectivity index (χ1v) is 7.01. The first kappa shape index (κ1) is 14.5. The zero-order valence-corrected chi connectivity index (χ0v) is 12.1. The number of nitrogens with two attached hydrogens (primary N) is 1. The van der Waals surface area contributed by atoms with Crippen LogP contribution in [-0.2, 0) is 4.79 Å². The molecule has 0 fully saturated rings. The molecule has 0 radical (unpaired) electrons. The molecule has 1 aromatic heterocycles. The number of carbonyl (C=O) groups excluding carboxylic acids is 1. The van der Waals surface area contributed by atoms with E-state index in [1.807, 2.05) is 44.2 Å². The van der Waals surface area contributed by atoms with Crippen molar-refractivity contribution in [2.75, 3.05) is 5.75 Å². The summed E-state index contributed by atoms with van der Waals surface area (Å²) in [7, 11) is 0. The standard InChI is InChI=1S/C12H16N6OS/c1-12(2,10(19)14-13)8-20-11-15-16-17-18(11)9-6-4-3-5-7-9/h3-7H,8,13H2,1-2H3,(H,14,19). The third-order valence-electron chi connectivity index (χ3n) is 2.75. The molecule has 2 rings (SSSR count). The summed E-state index contributed by atoms with van der Waals surface area (Å²) in [6.07, 6.45) is 0. The van der Waals surface area contributed by atoms with Crippen LogP contribution in [0.3, 0.4) is 0 Å². The summed E-state index contributed by atoms with van der Waals surface area (Å²) in [6.45, 7) is 3.64. The van der Waals surface area contributed by atoms with Crippen molar-refractivity contribution in [3.63, 3.8) is 0 Å². The first-order valence-electron chi connectivity index (χ1n) is 6.02. The Kier molecular flexibility index (Phi) is 4.35. The highest BCUT2D eigenvalue weighted by molar-refractivity contribution is 7.99. The van der Waals surface area contributed by atoms with Crippen LogP contribution in [0.2, 0.25) is 0 Å². The van der Waals surface area contributed by atoms with E-state index in [2.05, 4.69) is 21.0 Å². The summed E-state index contributed by atoms with van der Waals surface area (Å²) in [5, 5.41) is 12.3. The zero-order valence-electron chi connectivity index (χ0n) is 11.3. The van der Waals surface area contributed by atoms with Crippen LogP contribution >= 0.6 is 11.8 Å². The number of amides is 1. The van der Waals surface area contributed by atoms with Gasteiger partial charge in [-0.15, -0.1) is 5.10 Å². The SMILES string of the molecule is CC(C)(CSc1nnnn1-c1ccccc1)C(=O)NN. The molecule has 0 bridgehead atoms. The Labute approximate surface area is 120 Å². The van der Waals surface area contributed by atoms with Gasteiger partial charge in [0.25, 0.3) is 0 Å². The van der Waals surface area contributed by atoms with Crippen molar-refractivity contribution in [1.29, 1.82) is 0 Å². The monoisotopic (exact) mass is 292 g/mol. The first-order chi connectivity index (χ1) is 9.54. The Hall–Kier alpha value is -1.93. The minimum atomic E-state index is -0.604. The van der Waals surface area contributed by atoms with Crippen molar-refractivity contribution in [3.05, 3.63) is 30.3 Å². The van der Waals surface area contributed by atoms with Crippen molar-refractivity contribution in [2.24, 2.45) is 11.3 Å². The minimum Gasteiger partial charge on any atom is -0.294 e. The van der Waals surface area contributed by atoms with Gasteiger partial charge in [0.15, 0.2) is 0 Å². The van der Waals surface area contributed by atoms with E-state index in [0.717, 1.165) is 5.69 Å². The van der Waals surface area contributed by atoms with E-state index in [9.17, 15) is 4.79 Å². The maximum atomic E-state index is 11.6. The number of rotatable bonds is 5. The molecule has 0 saturated carbocycles. The van der Waals surface area contributed by atoms with Gasteiger partial charge in [0, 0.05) is 5.75 Å². The van der Waals surface area contributed by atoms with E-state index in [1.54, 1.807) is 4.68 Å². The van der Waals surface area contributed by atoms with E-state index in [-0.39, 0.29) is 5.91 Å². The molecule has 8 heteroatoms. The minimum absolute atomic E-state index is 0.219. The zero-order chi connectivity index (χ0) is 14.6. The van der Waals surface area contributed by atoms with Crippen LogP contribution in [-0.4, -0.2) is 31.9 Å². The van der Waals surface area contributed by atoms with E-state index in [1.165, 1.54) is 11.8 Å². The smallest absolute Gasteiger partial charge is 0.240 e. The van der Waals surface area contributed by atoms with E-state index in [0.29, 0.717) is 10.9 Å². The number of benzene rings is 1. The van der Waals surface area contributed by atoms with Gasteiger partial charge >= 0.3 is 0 Å². The van der Waals surface area contributed by atoms with E-state index < -0.39 is 5.41 Å². The summed E-state index contributed by atoms with van der Waals surface area (Å²) < 4.78 is 1.64. The number of carbonyl (C=O) groups is 1. The fraction of sp³-hybridized carbons (Fsp3) is 0.333. The van der Waals surface area contributed by atoms with E-state index in [4.69, 9.17) is 5.84 Å². The van der Waals surface area contributed by atoms with E-state index >= 15 is 0 Å². The Bertz CT molecular complexity index is 583. The second-order valence-corrected chi connectivity index (χ2v) is 5.80. The van der Waals surface area contributed by atoms with Crippen molar-refractivity contribution in [1.82, 2.24) is 25.6 Å². The largest absolute Gasteiger partial charge is 0.294 e. The number of thioether (sulfide) groups is 1. The molecule has 0 aliphatic carbocycles. The van der Waals surface area contributed by atoms with Crippen LogP contribution in [0.5, 0.6) is 0 Å². The molecular formula is C12H16N6OS. The lowest BCUT2D eigenvalue weighted by atomic mass is 9.96. The van der Waals surface area contributed by atoms with Gasteiger partial charge in [-0.2, -0.15) is 4.68 Å². The lowest BCUT2D eigenvalue weighted by molar-refractivity contribution is -0.128. The number of hydrogen-bond donors (Lipinski definition) is 2. The molecule has 106 valence electrons. The third-order valence-corrected chi connectivity index (χ3v) is 4.13. The van der Waals surface area contributed by atoms with Gasteiger partial charge in [-0.05, 0) is 22.6 Å². The molecule has 2 aromatic rings. The maximum absolute atomic E-state index is 11.6. The fourth-order valence-electron chi connectivity index (χ4n) is 1.51. The van der Waals surface area contributed by atoms with Crippen LogP contribution in [0.25, 0.3) is 5.69 Å². The number of nitrogens with zero attached hydrogens (tertiary/aromatic N) is 4. The lowest BCUT2D eigenvalue weighted by Gasteiger charge is -2.21. The Morgan fingerprint density at radius 1 is 1.40 bits per heavy atom. The second kappa shape index (κ2) is 6.02. The molecule has 0 saturated heterocycles. The van der Waals surface area contributed by atoms with Crippen molar-refractivity contribution in [3.8, 4) is 5.69 Å². The molecule has 1 heterocycles. The Morgan fingerprint density at radius 2 is 2.10 bits per heavy atom. The summed E-state index contributed by atoms with van der Waals surface area (Å²) >= 11 is 1.41. The van der Waals surface area contributed by atoms with Crippen molar-refractivity contribution >= 4 is 17.7 Å². The summed E-state index contributed by atoms with van der Waals surface area (Å²) in [5.74, 6) is 5.47. The highest BCUT2D eigenvalue weighted by atomic mass is 32.2. The molecule has 1 aromatic carbocycles. The van der Waals surface area contributed by atoms with Crippen LogP contribution in [0.4, 0.5) is 0 Å². The van der Waals surface area contributed by atoms with Gasteiger partial charge in [0.2, 0.25) is 11.1 Å². The van der Waals surface area contributed by atoms with Crippen LogP contribution in [0.15, 0.2) is 35.5 Å². The fourth-order valence-corrected chi connectivity index (χ4v) is 2.49. The van der Waals surface area contributed by atoms with Gasteiger partial charge in [-0.25, -0.2) is 5.84 Å². The average molecular weight is 292 g/mol. The quantitative estimate of drug-likeness (QED) is 0.365. The number of para-hydroxylation sites is 1. The van der Waals surface area contributed by atoms with Crippen molar-refractivity contribution < 1.29 is 4.79 Å². The second-order valence-electron chi connectivity index (χ2n) is 4.85. The van der Waals surface area contributed by atoms with Crippen LogP contribution in [0, 0.1) is 5.41 Å². The Balaban J connectivity index is 2.13. The maximum Gasteiger partial charge on any atom is 0.240 e. The van der Waals surface area contributed by atoms with Gasteiger partial charge in [0.1, 0.15) is 0 Å². The number of nitrogens with one attached hydrogen (secondary N) is 1. The predicted octanol–water partition coefficient (Wildman–Crippen LogP) is 0.771. The summed E-state index contributed by atoms with van der Waals surface area (Å²) in [6, 6.07) is 9.58. The normalized spacial score (nSPS) is 11.3. The highest BCUT2D eigenvalue weighted by Gasteiger charge is 2.28. The van der Waals surface area contributed by atoms with Gasteiger partial charge in [0.05, 0.1) is 11.1 Å². The van der Waals surface area contributed by atoms with Crippen molar-refractivity contribution in [2.45, 2.75) is 19.0 Å². The average Bonchev–Trinajstić information content (AvgIpc) is 2.93. The molecule has 0 unspecified atom stereocenters. The molecule has 20 heavy (non-hydrogen) atoms. The molecule has 0 aliphatic heterocycles. The lowest BCUT2D eigenvalue weighted by Crippen LogP contribution is -2.42. The topological polar surface area (TPSA) is 98.7 Å². The predicted molar refractivity (Wildman–Crippen MR) is 76.0 cm³/mol. The third kappa shape index (κ3) is 3.14. The molecule has 0 aliphatic rings. The van der Waals surface area contributed by atoms with Gasteiger partial charge in [-0.3, -0.25) is 10.2 Å². The highest BCUT2D eigenvalue weighted by Crippen LogP contribution is 2.27. The molecule has 1 amide bonds. The molecule has 0 spiro atoms. The molecule has 7 nitrogen and oxygen atoms in total. The summed E-state index contributed by atoms with van der Waals surface area (Å²) in [4.78, 5) is 11.6.